The lowest BCUT2D eigenvalue weighted by Gasteiger charge is -2.09. The number of aromatic hydroxyl groups is 1. The molecule has 1 aliphatic carbocycles. The number of benzene rings is 1. The lowest BCUT2D eigenvalue weighted by atomic mass is 10.1. The van der Waals surface area contributed by atoms with E-state index >= 15 is 0 Å². The number of nitrogens with two attached hydrogens (primary N) is 1. The predicted molar refractivity (Wildman–Crippen MR) is 75.5 cm³/mol. The minimum atomic E-state index is -0.368. The molecule has 21 heavy (non-hydrogen) atoms. The van der Waals surface area contributed by atoms with E-state index in [2.05, 4.69) is 10.1 Å². The van der Waals surface area contributed by atoms with Crippen molar-refractivity contribution >= 4 is 0 Å². The van der Waals surface area contributed by atoms with Gasteiger partial charge in [0, 0.05) is 7.11 Å². The maximum Gasteiger partial charge on any atom is 0.243 e. The fourth-order valence-corrected chi connectivity index (χ4v) is 2.39. The number of hydrogen-bond donors (Lipinski definition) is 2. The average molecular weight is 289 g/mol. The third-order valence-electron chi connectivity index (χ3n) is 3.73. The molecule has 0 saturated heterocycles. The summed E-state index contributed by atoms with van der Waals surface area (Å²) in [4.78, 5) is 4.38. The lowest BCUT2D eigenvalue weighted by Crippen LogP contribution is -2.14. The van der Waals surface area contributed by atoms with Gasteiger partial charge in [0.05, 0.1) is 6.04 Å². The van der Waals surface area contributed by atoms with Crippen LogP contribution in [0, 0.1) is 5.92 Å². The van der Waals surface area contributed by atoms with Crippen molar-refractivity contribution in [1.82, 2.24) is 10.1 Å². The number of hydrogen-bond acceptors (Lipinski definition) is 6. The number of phenols is 1. The standard InChI is InChI=1S/C15H19N3O3/c1-20-13(10-4-5-10)14-17-15(21-18-14)12(16)8-9-2-6-11(19)7-3-9/h2-3,6-7,10,12-13,19H,4-5,8,16H2,1H3. The zero-order valence-corrected chi connectivity index (χ0v) is 11.9. The molecule has 2 atom stereocenters. The molecule has 3 rings (SSSR count). The van der Waals surface area contributed by atoms with Crippen molar-refractivity contribution in [3.05, 3.63) is 41.5 Å². The Labute approximate surface area is 122 Å². The zero-order valence-electron chi connectivity index (χ0n) is 11.9. The Kier molecular flexibility index (Phi) is 3.90. The van der Waals surface area contributed by atoms with Gasteiger partial charge in [-0.2, -0.15) is 4.98 Å². The van der Waals surface area contributed by atoms with Gasteiger partial charge in [-0.1, -0.05) is 17.3 Å². The second-order valence-corrected chi connectivity index (χ2v) is 5.46. The lowest BCUT2D eigenvalue weighted by molar-refractivity contribution is 0.0751. The van der Waals surface area contributed by atoms with Crippen LogP contribution in [0.5, 0.6) is 5.75 Å². The molecule has 2 unspecified atom stereocenters. The van der Waals surface area contributed by atoms with Gasteiger partial charge in [-0.05, 0) is 42.9 Å². The first-order valence-electron chi connectivity index (χ1n) is 7.07. The van der Waals surface area contributed by atoms with Crippen molar-refractivity contribution in [2.24, 2.45) is 11.7 Å². The van der Waals surface area contributed by atoms with E-state index in [0.717, 1.165) is 18.4 Å². The number of methoxy groups -OCH3 is 1. The Hall–Kier alpha value is -1.92. The summed E-state index contributed by atoms with van der Waals surface area (Å²) in [6, 6.07) is 6.56. The first-order valence-corrected chi connectivity index (χ1v) is 7.07. The molecule has 0 aliphatic heterocycles. The highest BCUT2D eigenvalue weighted by atomic mass is 16.5. The van der Waals surface area contributed by atoms with Gasteiger partial charge in [0.1, 0.15) is 11.9 Å². The van der Waals surface area contributed by atoms with Gasteiger partial charge >= 0.3 is 0 Å². The smallest absolute Gasteiger partial charge is 0.243 e. The van der Waals surface area contributed by atoms with Crippen molar-refractivity contribution in [1.29, 1.82) is 0 Å². The average Bonchev–Trinajstić information content (AvgIpc) is 3.19. The normalized spacial score (nSPS) is 17.6. The van der Waals surface area contributed by atoms with Crippen LogP contribution in [-0.4, -0.2) is 22.4 Å². The summed E-state index contributed by atoms with van der Waals surface area (Å²) in [5.41, 5.74) is 7.12. The van der Waals surface area contributed by atoms with Gasteiger partial charge < -0.3 is 20.1 Å². The predicted octanol–water partition coefficient (Wildman–Crippen LogP) is 2.12. The summed E-state index contributed by atoms with van der Waals surface area (Å²) < 4.78 is 10.7. The summed E-state index contributed by atoms with van der Waals surface area (Å²) in [6.45, 7) is 0. The first kappa shape index (κ1) is 14.0. The minimum Gasteiger partial charge on any atom is -0.508 e. The molecule has 2 aromatic rings. The van der Waals surface area contributed by atoms with Crippen molar-refractivity contribution in [2.75, 3.05) is 7.11 Å². The second kappa shape index (κ2) is 5.83. The highest BCUT2D eigenvalue weighted by molar-refractivity contribution is 5.26. The van der Waals surface area contributed by atoms with Gasteiger partial charge in [0.15, 0.2) is 0 Å². The fourth-order valence-electron chi connectivity index (χ4n) is 2.39. The third-order valence-corrected chi connectivity index (χ3v) is 3.73. The molecule has 1 heterocycles. The van der Waals surface area contributed by atoms with Crippen LogP contribution in [0.1, 0.15) is 42.3 Å². The van der Waals surface area contributed by atoms with Gasteiger partial charge in [-0.25, -0.2) is 0 Å². The molecule has 0 radical (unpaired) electrons. The molecule has 6 heteroatoms. The van der Waals surface area contributed by atoms with E-state index < -0.39 is 0 Å². The van der Waals surface area contributed by atoms with E-state index in [0.29, 0.717) is 24.1 Å². The van der Waals surface area contributed by atoms with Crippen LogP contribution in [0.2, 0.25) is 0 Å². The van der Waals surface area contributed by atoms with Crippen LogP contribution >= 0.6 is 0 Å². The van der Waals surface area contributed by atoms with Crippen LogP contribution in [-0.2, 0) is 11.2 Å². The van der Waals surface area contributed by atoms with Gasteiger partial charge in [-0.15, -0.1) is 0 Å². The molecular weight excluding hydrogens is 270 g/mol. The van der Waals surface area contributed by atoms with E-state index in [4.69, 9.17) is 15.0 Å². The third kappa shape index (κ3) is 3.22. The number of phenolic OH excluding ortho intramolecular Hbond substituents is 1. The topological polar surface area (TPSA) is 94.4 Å². The molecule has 1 aromatic carbocycles. The van der Waals surface area contributed by atoms with Gasteiger partial charge in [0.2, 0.25) is 11.7 Å². The van der Waals surface area contributed by atoms with Gasteiger partial charge in [-0.3, -0.25) is 0 Å². The van der Waals surface area contributed by atoms with Crippen molar-refractivity contribution in [3.8, 4) is 5.75 Å². The fraction of sp³-hybridized carbons (Fsp3) is 0.467. The summed E-state index contributed by atoms with van der Waals surface area (Å²) in [7, 11) is 1.66. The van der Waals surface area contributed by atoms with E-state index in [9.17, 15) is 5.11 Å². The molecule has 112 valence electrons. The minimum absolute atomic E-state index is 0.0941. The first-order chi connectivity index (χ1) is 10.2. The van der Waals surface area contributed by atoms with Gasteiger partial charge in [0.25, 0.3) is 0 Å². The van der Waals surface area contributed by atoms with Crippen molar-refractivity contribution in [3.63, 3.8) is 0 Å². The molecule has 0 bridgehead atoms. The Bertz CT molecular complexity index is 592. The summed E-state index contributed by atoms with van der Waals surface area (Å²) >= 11 is 0. The zero-order chi connectivity index (χ0) is 14.8. The van der Waals surface area contributed by atoms with Crippen LogP contribution in [0.15, 0.2) is 28.8 Å². The summed E-state index contributed by atoms with van der Waals surface area (Å²) in [6.07, 6.45) is 2.76. The highest BCUT2D eigenvalue weighted by Crippen LogP contribution is 2.42. The molecule has 0 spiro atoms. The Morgan fingerprint density at radius 1 is 1.38 bits per heavy atom. The summed E-state index contributed by atoms with van der Waals surface area (Å²) in [5.74, 6) is 1.73. The molecule has 1 fully saturated rings. The Morgan fingerprint density at radius 2 is 2.10 bits per heavy atom. The quantitative estimate of drug-likeness (QED) is 0.845. The van der Waals surface area contributed by atoms with E-state index in [1.54, 1.807) is 19.2 Å². The molecule has 1 saturated carbocycles. The molecule has 1 aromatic heterocycles. The van der Waals surface area contributed by atoms with E-state index in [1.165, 1.54) is 0 Å². The molecule has 3 N–H and O–H groups in total. The van der Waals surface area contributed by atoms with Crippen LogP contribution < -0.4 is 5.73 Å². The van der Waals surface area contributed by atoms with E-state index in [-0.39, 0.29) is 17.9 Å². The molecule has 1 aliphatic rings. The number of nitrogens with zero attached hydrogens (tertiary/aromatic N) is 2. The highest BCUT2D eigenvalue weighted by Gasteiger charge is 2.36. The monoisotopic (exact) mass is 289 g/mol. The number of rotatable bonds is 6. The van der Waals surface area contributed by atoms with Crippen LogP contribution in [0.4, 0.5) is 0 Å². The maximum absolute atomic E-state index is 9.27. The molecular formula is C15H19N3O3. The summed E-state index contributed by atoms with van der Waals surface area (Å²) in [5, 5.41) is 13.3. The van der Waals surface area contributed by atoms with Crippen molar-refractivity contribution in [2.45, 2.75) is 31.4 Å². The second-order valence-electron chi connectivity index (χ2n) is 5.46. The Balaban J connectivity index is 1.68. The molecule has 0 amide bonds. The van der Waals surface area contributed by atoms with Crippen molar-refractivity contribution < 1.29 is 14.4 Å². The largest absolute Gasteiger partial charge is 0.508 e. The van der Waals surface area contributed by atoms with E-state index in [1.807, 2.05) is 12.1 Å². The molecule has 6 nitrogen and oxygen atoms in total. The number of aromatic nitrogens is 2. The van der Waals surface area contributed by atoms with Crippen LogP contribution in [0.25, 0.3) is 0 Å². The SMILES string of the molecule is COC(c1noc(C(N)Cc2ccc(O)cc2)n1)C1CC1. The Morgan fingerprint density at radius 3 is 2.71 bits per heavy atom. The number of ether oxygens (including phenoxy) is 1. The maximum atomic E-state index is 9.27. The van der Waals surface area contributed by atoms with Crippen LogP contribution in [0.3, 0.4) is 0 Å².